The Hall–Kier alpha value is -8.23. The summed E-state index contributed by atoms with van der Waals surface area (Å²) in [4.78, 5) is 6.81. The molecule has 0 saturated carbocycles. The van der Waals surface area contributed by atoms with Crippen molar-refractivity contribution in [3.8, 4) is 45.9 Å². The quantitative estimate of drug-likeness (QED) is 0.142. The lowest BCUT2D eigenvalue weighted by atomic mass is 9.35. The van der Waals surface area contributed by atoms with E-state index in [1.165, 1.54) is 5.46 Å². The van der Waals surface area contributed by atoms with Gasteiger partial charge in [-0.2, -0.15) is 10.5 Å². The van der Waals surface area contributed by atoms with Crippen molar-refractivity contribution >= 4 is 69.0 Å². The first-order chi connectivity index (χ1) is 31.6. The second kappa shape index (κ2) is 16.2. The lowest BCUT2D eigenvalue weighted by Crippen LogP contribution is -2.57. The highest BCUT2D eigenvalue weighted by molar-refractivity contribution is 8.00. The first-order valence-corrected chi connectivity index (χ1v) is 22.0. The average Bonchev–Trinajstić information content (AvgIpc) is 3.35. The van der Waals surface area contributed by atoms with Gasteiger partial charge in [-0.05, 0) is 138 Å². The fourth-order valence-electron chi connectivity index (χ4n) is 9.29. The molecule has 5 nitrogen and oxygen atoms in total. The summed E-state index contributed by atoms with van der Waals surface area (Å²) in [6, 6.07) is 75.8. The maximum absolute atomic E-state index is 10.4. The molecular formula is C57H37BN4OS. The zero-order chi connectivity index (χ0) is 43.1. The maximum Gasteiger partial charge on any atom is 0.253 e. The van der Waals surface area contributed by atoms with E-state index >= 15 is 0 Å². The van der Waals surface area contributed by atoms with E-state index in [9.17, 15) is 10.5 Å². The van der Waals surface area contributed by atoms with Crippen LogP contribution in [0.4, 0.5) is 34.1 Å². The number of anilines is 6. The number of fused-ring (bicyclic) bond motifs is 4. The molecule has 11 rings (SSSR count). The summed E-state index contributed by atoms with van der Waals surface area (Å²) < 4.78 is 6.81. The normalized spacial score (nSPS) is 11.8. The fourth-order valence-corrected chi connectivity index (χ4v) is 10.5. The zero-order valence-electron chi connectivity index (χ0n) is 34.8. The Morgan fingerprint density at radius 2 is 1.06 bits per heavy atom. The van der Waals surface area contributed by atoms with Gasteiger partial charge in [-0.15, -0.1) is 0 Å². The maximum atomic E-state index is 10.4. The highest BCUT2D eigenvalue weighted by Crippen LogP contribution is 2.46. The van der Waals surface area contributed by atoms with E-state index < -0.39 is 0 Å². The van der Waals surface area contributed by atoms with Crippen LogP contribution in [0.15, 0.2) is 216 Å². The molecule has 64 heavy (non-hydrogen) atoms. The van der Waals surface area contributed by atoms with Crippen molar-refractivity contribution in [2.75, 3.05) is 9.80 Å². The molecule has 2 aliphatic heterocycles. The highest BCUT2D eigenvalue weighted by Gasteiger charge is 2.39. The monoisotopic (exact) mass is 836 g/mol. The smallest absolute Gasteiger partial charge is 0.253 e. The molecule has 2 aliphatic rings. The molecule has 0 amide bonds. The number of nitrogens with zero attached hydrogens (tertiary/aromatic N) is 4. The van der Waals surface area contributed by atoms with Crippen LogP contribution < -0.4 is 30.9 Å². The Kier molecular flexibility index (Phi) is 9.81. The van der Waals surface area contributed by atoms with Crippen LogP contribution in [0.1, 0.15) is 16.7 Å². The van der Waals surface area contributed by atoms with Crippen LogP contribution in [-0.4, -0.2) is 6.71 Å². The summed E-state index contributed by atoms with van der Waals surface area (Å²) in [5, 5.41) is 20.7. The molecule has 0 radical (unpaired) electrons. The minimum atomic E-state index is -0.0699. The number of para-hydroxylation sites is 4. The molecule has 0 aliphatic carbocycles. The number of benzene rings is 9. The molecule has 9 aromatic carbocycles. The van der Waals surface area contributed by atoms with E-state index in [1.807, 2.05) is 72.8 Å². The lowest BCUT2D eigenvalue weighted by Gasteiger charge is -2.33. The van der Waals surface area contributed by atoms with Crippen molar-refractivity contribution in [3.63, 3.8) is 0 Å². The van der Waals surface area contributed by atoms with Crippen LogP contribution in [0.25, 0.3) is 22.3 Å². The van der Waals surface area contributed by atoms with Crippen molar-refractivity contribution < 1.29 is 4.74 Å². The topological polar surface area (TPSA) is 63.3 Å². The Bertz CT molecular complexity index is 3250. The molecule has 7 heteroatoms. The third-order valence-corrected chi connectivity index (χ3v) is 13.3. The first kappa shape index (κ1) is 38.7. The van der Waals surface area contributed by atoms with Gasteiger partial charge in [0.2, 0.25) is 0 Å². The van der Waals surface area contributed by atoms with E-state index in [0.717, 1.165) is 94.2 Å². The summed E-state index contributed by atoms with van der Waals surface area (Å²) in [6.45, 7) is 2.02. The second-order valence-corrected chi connectivity index (χ2v) is 17.0. The molecule has 300 valence electrons. The fraction of sp³-hybridized carbons (Fsp3) is 0.0175. The van der Waals surface area contributed by atoms with Gasteiger partial charge in [0, 0.05) is 49.4 Å². The molecule has 0 saturated heterocycles. The summed E-state index contributed by atoms with van der Waals surface area (Å²) in [6.07, 6.45) is 0. The number of hydrogen-bond acceptors (Lipinski definition) is 6. The van der Waals surface area contributed by atoms with Gasteiger partial charge in [0.05, 0.1) is 29.0 Å². The highest BCUT2D eigenvalue weighted by atomic mass is 32.2. The molecule has 0 bridgehead atoms. The van der Waals surface area contributed by atoms with Crippen molar-refractivity contribution in [1.29, 1.82) is 10.5 Å². The minimum absolute atomic E-state index is 0.0699. The Morgan fingerprint density at radius 1 is 0.469 bits per heavy atom. The van der Waals surface area contributed by atoms with Crippen LogP contribution in [0, 0.1) is 29.6 Å². The SMILES string of the molecule is Cc1cc(C#N)cc(-c2ccc3c(c2)Sc2cccc4c2B3c2ccc(-c3cc(N(c5ccccc5)c5ccccc5)ccc3C#N)cc2O4)c1N(c1ccccc1)c1ccccc1. The Labute approximate surface area is 377 Å². The van der Waals surface area contributed by atoms with Gasteiger partial charge in [-0.1, -0.05) is 120 Å². The molecule has 0 spiro atoms. The van der Waals surface area contributed by atoms with E-state index in [2.05, 4.69) is 162 Å². The molecule has 0 unspecified atom stereocenters. The minimum Gasteiger partial charge on any atom is -0.458 e. The second-order valence-electron chi connectivity index (χ2n) is 16.0. The van der Waals surface area contributed by atoms with E-state index in [1.54, 1.807) is 11.8 Å². The van der Waals surface area contributed by atoms with Crippen LogP contribution >= 0.6 is 11.8 Å². The summed E-state index contributed by atoms with van der Waals surface area (Å²) >= 11 is 1.76. The summed E-state index contributed by atoms with van der Waals surface area (Å²) in [5.74, 6) is 1.61. The van der Waals surface area contributed by atoms with Crippen LogP contribution in [0.3, 0.4) is 0 Å². The number of aryl methyl sites for hydroxylation is 1. The molecule has 0 aromatic heterocycles. The van der Waals surface area contributed by atoms with E-state index in [0.29, 0.717) is 11.1 Å². The number of rotatable bonds is 8. The van der Waals surface area contributed by atoms with Crippen molar-refractivity contribution in [2.24, 2.45) is 0 Å². The zero-order valence-corrected chi connectivity index (χ0v) is 35.6. The van der Waals surface area contributed by atoms with Crippen molar-refractivity contribution in [2.45, 2.75) is 16.7 Å². The van der Waals surface area contributed by atoms with Crippen molar-refractivity contribution in [1.82, 2.24) is 0 Å². The average molecular weight is 837 g/mol. The van der Waals surface area contributed by atoms with Gasteiger partial charge in [-0.25, -0.2) is 0 Å². The molecule has 0 N–H and O–H groups in total. The molecular weight excluding hydrogens is 800 g/mol. The summed E-state index contributed by atoms with van der Waals surface area (Å²) in [5.41, 5.74) is 15.5. The molecule has 0 atom stereocenters. The molecule has 0 fully saturated rings. The van der Waals surface area contributed by atoms with Gasteiger partial charge in [0.1, 0.15) is 11.5 Å². The molecule has 9 aromatic rings. The Morgan fingerprint density at radius 3 is 1.67 bits per heavy atom. The standard InChI is InChI=1S/C57H37BN4OS/c1-38-31-39(36-59)32-49(57(38)62(45-19-10-4-11-20-45)46-21-12-5-13-22-46)41-27-30-51-55(34-41)64-54-24-14-23-52-56(54)58(51)50-29-26-40(33-53(50)63-52)48-35-47(28-25-42(48)37-60)61(43-15-6-2-7-16-43)44-17-8-3-9-18-44/h2-35H,1H3. The van der Waals surface area contributed by atoms with Crippen molar-refractivity contribution in [3.05, 3.63) is 223 Å². The first-order valence-electron chi connectivity index (χ1n) is 21.2. The van der Waals surface area contributed by atoms with E-state index in [4.69, 9.17) is 4.74 Å². The molecule has 2 heterocycles. The van der Waals surface area contributed by atoms with Gasteiger partial charge in [0.25, 0.3) is 6.71 Å². The number of nitriles is 2. The number of hydrogen-bond donors (Lipinski definition) is 0. The van der Waals surface area contributed by atoms with E-state index in [-0.39, 0.29) is 6.71 Å². The largest absolute Gasteiger partial charge is 0.458 e. The lowest BCUT2D eigenvalue weighted by molar-refractivity contribution is 0.486. The number of ether oxygens (including phenoxy) is 1. The van der Waals surface area contributed by atoms with Crippen LogP contribution in [0.5, 0.6) is 11.5 Å². The summed E-state index contributed by atoms with van der Waals surface area (Å²) in [7, 11) is 0. The predicted octanol–water partition coefficient (Wildman–Crippen LogP) is 13.1. The van der Waals surface area contributed by atoms with Crippen LogP contribution in [-0.2, 0) is 0 Å². The van der Waals surface area contributed by atoms with Crippen LogP contribution in [0.2, 0.25) is 0 Å². The van der Waals surface area contributed by atoms with Gasteiger partial charge in [-0.3, -0.25) is 0 Å². The third-order valence-electron chi connectivity index (χ3n) is 12.1. The van der Waals surface area contributed by atoms with Gasteiger partial charge >= 0.3 is 0 Å². The third kappa shape index (κ3) is 6.77. The van der Waals surface area contributed by atoms with Gasteiger partial charge in [0.15, 0.2) is 0 Å². The Balaban J connectivity index is 1.03. The predicted molar refractivity (Wildman–Crippen MR) is 263 cm³/mol. The van der Waals surface area contributed by atoms with Gasteiger partial charge < -0.3 is 14.5 Å².